The van der Waals surface area contributed by atoms with Gasteiger partial charge >= 0.3 is 5.97 Å². The molecule has 0 fully saturated rings. The fraction of sp³-hybridized carbons (Fsp3) is 0.0769. The van der Waals surface area contributed by atoms with Gasteiger partial charge in [-0.25, -0.2) is 4.79 Å². The number of nitrogens with one attached hydrogen (secondary N) is 1. The number of hydrogen-bond acceptors (Lipinski definition) is 3. The minimum Gasteiger partial charge on any atom is -0.507 e. The molecular weight excluding hydrogens is 218 g/mol. The fourth-order valence-electron chi connectivity index (χ4n) is 1.73. The minimum absolute atomic E-state index is 0.102. The molecule has 0 unspecified atom stereocenters. The van der Waals surface area contributed by atoms with E-state index in [1.54, 1.807) is 0 Å². The van der Waals surface area contributed by atoms with Crippen molar-refractivity contribution in [2.75, 3.05) is 0 Å². The first kappa shape index (κ1) is 11.4. The molecule has 2 aromatic carbocycles. The molecule has 0 heterocycles. The molecule has 2 rings (SSSR count). The number of carbonyl (C=O) groups is 1. The maximum atomic E-state index is 10.9. The zero-order valence-electron chi connectivity index (χ0n) is 8.97. The van der Waals surface area contributed by atoms with Gasteiger partial charge in [0.05, 0.1) is 0 Å². The second kappa shape index (κ2) is 4.43. The van der Waals surface area contributed by atoms with Crippen LogP contribution in [0.15, 0.2) is 30.3 Å². The van der Waals surface area contributed by atoms with E-state index in [1.165, 1.54) is 12.1 Å². The normalized spacial score (nSPS) is 10.6. The van der Waals surface area contributed by atoms with Crippen molar-refractivity contribution >= 4 is 16.7 Å². The summed E-state index contributed by atoms with van der Waals surface area (Å²) in [5, 5.41) is 22.5. The third-order valence-electron chi connectivity index (χ3n) is 2.56. The first-order valence-electron chi connectivity index (χ1n) is 5.04. The molecule has 2 radical (unpaired) electrons. The third kappa shape index (κ3) is 2.21. The van der Waals surface area contributed by atoms with Crippen LogP contribution in [-0.2, 0) is 6.54 Å². The average Bonchev–Trinajstić information content (AvgIpc) is 2.28. The quantitative estimate of drug-likeness (QED) is 0.704. The molecule has 0 amide bonds. The molecule has 0 aromatic heterocycles. The van der Waals surface area contributed by atoms with Gasteiger partial charge in [-0.2, -0.15) is 0 Å². The Morgan fingerprint density at radius 2 is 2.00 bits per heavy atom. The first-order valence-corrected chi connectivity index (χ1v) is 5.04. The highest BCUT2D eigenvalue weighted by Crippen LogP contribution is 2.25. The van der Waals surface area contributed by atoms with Crippen LogP contribution in [0.5, 0.6) is 5.75 Å². The van der Waals surface area contributed by atoms with Crippen molar-refractivity contribution in [3.05, 3.63) is 48.5 Å². The summed E-state index contributed by atoms with van der Waals surface area (Å²) in [4.78, 5) is 10.9. The number of aromatic hydroxyl groups is 1. The molecule has 0 saturated heterocycles. The van der Waals surface area contributed by atoms with Crippen LogP contribution in [-0.4, -0.2) is 16.2 Å². The minimum atomic E-state index is -1.15. The van der Waals surface area contributed by atoms with Crippen LogP contribution in [0, 0.1) is 7.05 Å². The van der Waals surface area contributed by atoms with Gasteiger partial charge < -0.3 is 15.5 Å². The smallest absolute Gasteiger partial charge is 0.339 e. The molecule has 0 atom stereocenters. The van der Waals surface area contributed by atoms with E-state index in [1.807, 2.05) is 18.2 Å². The molecule has 0 bridgehead atoms. The summed E-state index contributed by atoms with van der Waals surface area (Å²) in [6, 6.07) is 8.40. The lowest BCUT2D eigenvalue weighted by Crippen LogP contribution is -2.02. The number of phenols is 1. The summed E-state index contributed by atoms with van der Waals surface area (Å²) in [5.41, 5.74) is 0.845. The van der Waals surface area contributed by atoms with Gasteiger partial charge in [0, 0.05) is 13.6 Å². The van der Waals surface area contributed by atoms with Crippen molar-refractivity contribution in [2.45, 2.75) is 6.54 Å². The lowest BCUT2D eigenvalue weighted by atomic mass is 10.0. The van der Waals surface area contributed by atoms with Crippen molar-refractivity contribution in [1.29, 1.82) is 0 Å². The highest BCUT2D eigenvalue weighted by Gasteiger charge is 2.10. The predicted molar refractivity (Wildman–Crippen MR) is 63.7 cm³/mol. The van der Waals surface area contributed by atoms with Gasteiger partial charge in [0.25, 0.3) is 0 Å². The molecular formula is C13H11NO3. The standard InChI is InChI=1S/C13H11NO3/c1-14-7-8-2-3-9-6-12(15)11(13(16)17)5-10(9)4-8/h1-6,14-15H,7H2,(H,16,17). The third-order valence-corrected chi connectivity index (χ3v) is 2.56. The van der Waals surface area contributed by atoms with E-state index in [-0.39, 0.29) is 11.3 Å². The van der Waals surface area contributed by atoms with Gasteiger partial charge in [-0.05, 0) is 34.5 Å². The lowest BCUT2D eigenvalue weighted by molar-refractivity contribution is 0.0694. The molecule has 3 N–H and O–H groups in total. The number of aromatic carboxylic acids is 1. The van der Waals surface area contributed by atoms with Gasteiger partial charge in [-0.15, -0.1) is 0 Å². The number of hydrogen-bond donors (Lipinski definition) is 3. The van der Waals surface area contributed by atoms with E-state index in [0.29, 0.717) is 6.54 Å². The largest absolute Gasteiger partial charge is 0.507 e. The molecule has 0 aliphatic rings. The van der Waals surface area contributed by atoms with Crippen molar-refractivity contribution in [3.63, 3.8) is 0 Å². The van der Waals surface area contributed by atoms with Crippen LogP contribution in [0.4, 0.5) is 0 Å². The van der Waals surface area contributed by atoms with Crippen molar-refractivity contribution in [2.24, 2.45) is 0 Å². The summed E-state index contributed by atoms with van der Waals surface area (Å²) in [5.74, 6) is -1.37. The fourth-order valence-corrected chi connectivity index (χ4v) is 1.73. The Labute approximate surface area is 98.5 Å². The highest BCUT2D eigenvalue weighted by molar-refractivity contribution is 5.97. The molecule has 86 valence electrons. The highest BCUT2D eigenvalue weighted by atomic mass is 16.4. The second-order valence-corrected chi connectivity index (χ2v) is 3.74. The summed E-state index contributed by atoms with van der Waals surface area (Å²) in [6.45, 7) is 0.499. The molecule has 0 saturated carbocycles. The molecule has 0 aliphatic heterocycles. The van der Waals surface area contributed by atoms with Gasteiger partial charge in [-0.1, -0.05) is 12.1 Å². The van der Waals surface area contributed by atoms with Crippen LogP contribution in [0.2, 0.25) is 0 Å². The van der Waals surface area contributed by atoms with E-state index in [9.17, 15) is 9.90 Å². The van der Waals surface area contributed by atoms with Gasteiger partial charge in [-0.3, -0.25) is 0 Å². The van der Waals surface area contributed by atoms with Crippen molar-refractivity contribution < 1.29 is 15.0 Å². The maximum Gasteiger partial charge on any atom is 0.339 e. The molecule has 4 heteroatoms. The summed E-state index contributed by atoms with van der Waals surface area (Å²) in [6.07, 6.45) is 0. The Bertz CT molecular complexity index is 578. The van der Waals surface area contributed by atoms with Crippen molar-refractivity contribution in [3.8, 4) is 5.75 Å². The van der Waals surface area contributed by atoms with E-state index in [0.717, 1.165) is 16.3 Å². The van der Waals surface area contributed by atoms with E-state index >= 15 is 0 Å². The number of carboxylic acid groups (broad SMARTS) is 1. The van der Waals surface area contributed by atoms with Crippen LogP contribution < -0.4 is 5.32 Å². The second-order valence-electron chi connectivity index (χ2n) is 3.74. The predicted octanol–water partition coefficient (Wildman–Crippen LogP) is 2.00. The van der Waals surface area contributed by atoms with Gasteiger partial charge in [0.15, 0.2) is 0 Å². The number of carboxylic acids is 1. The SMILES string of the molecule is [CH]NCc1ccc2cc(O)c(C(=O)O)cc2c1. The molecule has 17 heavy (non-hydrogen) atoms. The topological polar surface area (TPSA) is 69.6 Å². The average molecular weight is 229 g/mol. The van der Waals surface area contributed by atoms with Crippen LogP contribution in [0.1, 0.15) is 15.9 Å². The van der Waals surface area contributed by atoms with Crippen LogP contribution >= 0.6 is 0 Å². The van der Waals surface area contributed by atoms with Crippen LogP contribution in [0.3, 0.4) is 0 Å². The Kier molecular flexibility index (Phi) is 2.97. The Balaban J connectivity index is 2.59. The zero-order valence-corrected chi connectivity index (χ0v) is 8.97. The monoisotopic (exact) mass is 229 g/mol. The van der Waals surface area contributed by atoms with E-state index in [4.69, 9.17) is 12.2 Å². The number of rotatable bonds is 3. The van der Waals surface area contributed by atoms with Gasteiger partial charge in [0.1, 0.15) is 11.3 Å². The molecule has 0 aliphatic carbocycles. The molecule has 4 nitrogen and oxygen atoms in total. The zero-order chi connectivity index (χ0) is 12.4. The Morgan fingerprint density at radius 1 is 1.24 bits per heavy atom. The Morgan fingerprint density at radius 3 is 2.65 bits per heavy atom. The first-order chi connectivity index (χ1) is 8.11. The number of benzene rings is 2. The summed E-state index contributed by atoms with van der Waals surface area (Å²) >= 11 is 0. The van der Waals surface area contributed by atoms with E-state index in [2.05, 4.69) is 5.32 Å². The van der Waals surface area contributed by atoms with E-state index < -0.39 is 5.97 Å². The lowest BCUT2D eigenvalue weighted by Gasteiger charge is -2.06. The molecule has 2 aromatic rings. The maximum absolute atomic E-state index is 10.9. The van der Waals surface area contributed by atoms with Crippen molar-refractivity contribution in [1.82, 2.24) is 5.32 Å². The van der Waals surface area contributed by atoms with Gasteiger partial charge in [0.2, 0.25) is 0 Å². The summed E-state index contributed by atoms with van der Waals surface area (Å²) in [7, 11) is 5.22. The van der Waals surface area contributed by atoms with Crippen LogP contribution in [0.25, 0.3) is 10.8 Å². The number of fused-ring (bicyclic) bond motifs is 1. The Hall–Kier alpha value is -2.07. The molecule has 0 spiro atoms. The summed E-state index contributed by atoms with van der Waals surface area (Å²) < 4.78 is 0.